The minimum absolute atomic E-state index is 0.496. The van der Waals surface area contributed by atoms with Crippen LogP contribution in [0.1, 0.15) is 38.7 Å². The number of rotatable bonds is 6. The summed E-state index contributed by atoms with van der Waals surface area (Å²) >= 11 is 6.42. The van der Waals surface area contributed by atoms with Gasteiger partial charge in [-0.05, 0) is 42.2 Å². The van der Waals surface area contributed by atoms with Gasteiger partial charge in [0.15, 0.2) is 0 Å². The van der Waals surface area contributed by atoms with Gasteiger partial charge in [-0.2, -0.15) is 5.26 Å². The van der Waals surface area contributed by atoms with Gasteiger partial charge >= 0.3 is 0 Å². The second-order valence-corrected chi connectivity index (χ2v) is 6.81. The number of fused-ring (bicyclic) bond motifs is 1. The molecule has 1 aromatic carbocycles. The first-order chi connectivity index (χ1) is 12.2. The van der Waals surface area contributed by atoms with E-state index in [0.717, 1.165) is 28.7 Å². The monoisotopic (exact) mass is 351 g/mol. The van der Waals surface area contributed by atoms with E-state index in [4.69, 9.17) is 16.9 Å². The van der Waals surface area contributed by atoms with Gasteiger partial charge in [0.25, 0.3) is 0 Å². The molecule has 3 nitrogen and oxygen atoms in total. The van der Waals surface area contributed by atoms with Gasteiger partial charge in [-0.25, -0.2) is 4.98 Å². The molecule has 128 valence electrons. The van der Waals surface area contributed by atoms with Gasteiger partial charge in [-0.1, -0.05) is 50.4 Å². The van der Waals surface area contributed by atoms with Crippen LogP contribution in [0.2, 0.25) is 5.15 Å². The Balaban J connectivity index is 2.01. The highest BCUT2D eigenvalue weighted by Gasteiger charge is 2.13. The fourth-order valence-corrected chi connectivity index (χ4v) is 3.54. The predicted molar refractivity (Wildman–Crippen MR) is 104 cm³/mol. The van der Waals surface area contributed by atoms with Crippen LogP contribution in [0.4, 0.5) is 0 Å². The third-order valence-electron chi connectivity index (χ3n) is 4.76. The summed E-state index contributed by atoms with van der Waals surface area (Å²) in [5, 5.41) is 9.46. The number of hydrogen-bond donors (Lipinski definition) is 0. The number of pyridine rings is 1. The summed E-state index contributed by atoms with van der Waals surface area (Å²) in [7, 11) is 0. The second-order valence-electron chi connectivity index (χ2n) is 6.45. The number of benzene rings is 1. The second kappa shape index (κ2) is 7.72. The Labute approximate surface area is 153 Å². The molecular formula is C21H22ClN3. The molecule has 2 aromatic heterocycles. The van der Waals surface area contributed by atoms with E-state index in [1.54, 1.807) is 0 Å². The fraction of sp³-hybridized carbons (Fsp3) is 0.333. The summed E-state index contributed by atoms with van der Waals surface area (Å²) in [6, 6.07) is 13.8. The van der Waals surface area contributed by atoms with E-state index in [2.05, 4.69) is 41.7 Å². The molecule has 0 amide bonds. The average Bonchev–Trinajstić information content (AvgIpc) is 3.02. The molecule has 0 spiro atoms. The van der Waals surface area contributed by atoms with Crippen molar-refractivity contribution >= 4 is 22.6 Å². The number of aromatic nitrogens is 2. The summed E-state index contributed by atoms with van der Waals surface area (Å²) in [4.78, 5) is 4.57. The zero-order chi connectivity index (χ0) is 17.8. The quantitative estimate of drug-likeness (QED) is 0.507. The number of halogens is 1. The van der Waals surface area contributed by atoms with Crippen molar-refractivity contribution in [2.24, 2.45) is 5.92 Å². The van der Waals surface area contributed by atoms with Crippen LogP contribution in [0, 0.1) is 17.2 Å². The molecule has 0 aliphatic rings. The Bertz CT molecular complexity index is 903. The highest BCUT2D eigenvalue weighted by molar-refractivity contribution is 6.32. The van der Waals surface area contributed by atoms with Crippen molar-refractivity contribution in [1.29, 1.82) is 5.26 Å². The lowest BCUT2D eigenvalue weighted by atomic mass is 10.0. The van der Waals surface area contributed by atoms with E-state index in [1.165, 1.54) is 19.3 Å². The fourth-order valence-electron chi connectivity index (χ4n) is 3.28. The van der Waals surface area contributed by atoms with E-state index in [0.29, 0.717) is 16.6 Å². The first-order valence-corrected chi connectivity index (χ1v) is 9.20. The van der Waals surface area contributed by atoms with Gasteiger partial charge in [-0.15, -0.1) is 0 Å². The first kappa shape index (κ1) is 17.5. The van der Waals surface area contributed by atoms with E-state index in [1.807, 2.05) is 30.3 Å². The molecule has 0 saturated carbocycles. The summed E-state index contributed by atoms with van der Waals surface area (Å²) in [6.45, 7) is 5.49. The molecule has 0 radical (unpaired) electrons. The molecule has 2 heterocycles. The first-order valence-electron chi connectivity index (χ1n) is 8.82. The molecule has 0 saturated heterocycles. The van der Waals surface area contributed by atoms with Crippen molar-refractivity contribution in [1.82, 2.24) is 9.55 Å². The highest BCUT2D eigenvalue weighted by Crippen LogP contribution is 2.31. The minimum Gasteiger partial charge on any atom is -0.346 e. The maximum absolute atomic E-state index is 8.96. The average molecular weight is 352 g/mol. The number of nitrogens with zero attached hydrogens (tertiary/aromatic N) is 3. The molecule has 3 aromatic rings. The van der Waals surface area contributed by atoms with Crippen molar-refractivity contribution < 1.29 is 0 Å². The Morgan fingerprint density at radius 2 is 1.96 bits per heavy atom. The lowest BCUT2D eigenvalue weighted by molar-refractivity contribution is 0.405. The zero-order valence-corrected chi connectivity index (χ0v) is 15.4. The van der Waals surface area contributed by atoms with Crippen molar-refractivity contribution in [3.8, 4) is 17.2 Å². The van der Waals surface area contributed by atoms with Gasteiger partial charge in [-0.3, -0.25) is 0 Å². The molecule has 0 aliphatic carbocycles. The molecule has 4 heteroatoms. The molecule has 0 aliphatic heterocycles. The summed E-state index contributed by atoms with van der Waals surface area (Å²) in [6.07, 6.45) is 5.73. The third-order valence-corrected chi connectivity index (χ3v) is 5.05. The SMILES string of the molecule is CCCC(CC)Cn1ccc2nc(Cl)c(-c3ccc(C#N)cc3)cc21. The van der Waals surface area contributed by atoms with Crippen LogP contribution >= 0.6 is 11.6 Å². The zero-order valence-electron chi connectivity index (χ0n) is 14.7. The lowest BCUT2D eigenvalue weighted by Gasteiger charge is -2.16. The van der Waals surface area contributed by atoms with Crippen molar-refractivity contribution in [3.05, 3.63) is 53.3 Å². The molecular weight excluding hydrogens is 330 g/mol. The Hall–Kier alpha value is -2.31. The van der Waals surface area contributed by atoms with E-state index < -0.39 is 0 Å². The Kier molecular flexibility index (Phi) is 5.40. The van der Waals surface area contributed by atoms with Crippen molar-refractivity contribution in [3.63, 3.8) is 0 Å². The molecule has 0 bridgehead atoms. The van der Waals surface area contributed by atoms with Crippen molar-refractivity contribution in [2.75, 3.05) is 0 Å². The summed E-state index contributed by atoms with van der Waals surface area (Å²) in [5.41, 5.74) is 4.56. The highest BCUT2D eigenvalue weighted by atomic mass is 35.5. The van der Waals surface area contributed by atoms with Crippen LogP contribution < -0.4 is 0 Å². The van der Waals surface area contributed by atoms with Crippen LogP contribution in [0.15, 0.2) is 42.6 Å². The normalized spacial score (nSPS) is 12.2. The van der Waals surface area contributed by atoms with Crippen molar-refractivity contribution in [2.45, 2.75) is 39.7 Å². The Morgan fingerprint density at radius 3 is 2.60 bits per heavy atom. The number of nitriles is 1. The van der Waals surface area contributed by atoms with Crippen LogP contribution in [-0.2, 0) is 6.54 Å². The molecule has 0 fully saturated rings. The van der Waals surface area contributed by atoms with Crippen LogP contribution in [0.25, 0.3) is 22.2 Å². The topological polar surface area (TPSA) is 41.6 Å². The molecule has 1 unspecified atom stereocenters. The van der Waals surface area contributed by atoms with E-state index in [-0.39, 0.29) is 0 Å². The van der Waals surface area contributed by atoms with Gasteiger partial charge in [0, 0.05) is 18.3 Å². The minimum atomic E-state index is 0.496. The largest absolute Gasteiger partial charge is 0.346 e. The van der Waals surface area contributed by atoms with Gasteiger partial charge in [0.2, 0.25) is 0 Å². The molecule has 25 heavy (non-hydrogen) atoms. The lowest BCUT2D eigenvalue weighted by Crippen LogP contribution is -2.09. The van der Waals surface area contributed by atoms with Gasteiger partial charge in [0.05, 0.1) is 22.7 Å². The number of hydrogen-bond acceptors (Lipinski definition) is 2. The van der Waals surface area contributed by atoms with E-state index in [9.17, 15) is 0 Å². The Morgan fingerprint density at radius 1 is 1.20 bits per heavy atom. The van der Waals surface area contributed by atoms with Gasteiger partial charge in [0.1, 0.15) is 5.15 Å². The molecule has 3 rings (SSSR count). The maximum atomic E-state index is 8.96. The van der Waals surface area contributed by atoms with Crippen LogP contribution in [0.3, 0.4) is 0 Å². The standard InChI is InChI=1S/C21H22ClN3/c1-3-5-15(4-2)14-25-11-10-19-20(25)12-18(21(22)24-19)17-8-6-16(13-23)7-9-17/h6-12,15H,3-5,14H2,1-2H3. The maximum Gasteiger partial charge on any atom is 0.137 e. The predicted octanol–water partition coefficient (Wildman–Crippen LogP) is 6.05. The smallest absolute Gasteiger partial charge is 0.137 e. The van der Waals surface area contributed by atoms with Gasteiger partial charge < -0.3 is 4.57 Å². The molecule has 1 atom stereocenters. The van der Waals surface area contributed by atoms with E-state index >= 15 is 0 Å². The third kappa shape index (κ3) is 3.70. The van der Waals surface area contributed by atoms with Crippen LogP contribution in [-0.4, -0.2) is 9.55 Å². The molecule has 0 N–H and O–H groups in total. The summed E-state index contributed by atoms with van der Waals surface area (Å²) in [5.74, 6) is 0.676. The summed E-state index contributed by atoms with van der Waals surface area (Å²) < 4.78 is 2.29. The van der Waals surface area contributed by atoms with Crippen LogP contribution in [0.5, 0.6) is 0 Å².